The molecule has 3 N–H and O–H groups in total. The number of aliphatic hydroxyl groups excluding tert-OH is 1. The van der Waals surface area contributed by atoms with Gasteiger partial charge in [-0.25, -0.2) is 8.78 Å². The number of amides is 2. The van der Waals surface area contributed by atoms with Crippen molar-refractivity contribution in [2.24, 2.45) is 0 Å². The molecule has 1 saturated heterocycles. The Labute approximate surface area is 205 Å². The Morgan fingerprint density at radius 3 is 2.20 bits per heavy atom. The zero-order chi connectivity index (χ0) is 25.5. The highest BCUT2D eigenvalue weighted by Gasteiger charge is 2.33. The molecule has 0 spiro atoms. The summed E-state index contributed by atoms with van der Waals surface area (Å²) in [5, 5.41) is 16.8. The summed E-state index contributed by atoms with van der Waals surface area (Å²) in [5.74, 6) is -2.02. The van der Waals surface area contributed by atoms with Crippen molar-refractivity contribution in [3.63, 3.8) is 0 Å². The molecule has 1 aliphatic heterocycles. The Morgan fingerprint density at radius 1 is 1.06 bits per heavy atom. The summed E-state index contributed by atoms with van der Waals surface area (Å²) in [4.78, 5) is 28.1. The van der Waals surface area contributed by atoms with Crippen molar-refractivity contribution in [3.05, 3.63) is 70.3 Å². The number of benzene rings is 2. The second-order valence-electron chi connectivity index (χ2n) is 9.28. The summed E-state index contributed by atoms with van der Waals surface area (Å²) in [6.45, 7) is 7.86. The molecule has 0 radical (unpaired) electrons. The third kappa shape index (κ3) is 7.08. The van der Waals surface area contributed by atoms with E-state index < -0.39 is 29.7 Å². The second kappa shape index (κ2) is 12.2. The van der Waals surface area contributed by atoms with E-state index in [0.29, 0.717) is 29.8 Å². The highest BCUT2D eigenvalue weighted by molar-refractivity contribution is 6.00. The van der Waals surface area contributed by atoms with Crippen molar-refractivity contribution in [2.75, 3.05) is 19.6 Å². The molecule has 0 unspecified atom stereocenters. The van der Waals surface area contributed by atoms with Crippen LogP contribution in [0, 0.1) is 18.6 Å². The fourth-order valence-corrected chi connectivity index (χ4v) is 4.45. The largest absolute Gasteiger partial charge is 0.389 e. The molecule has 0 aromatic heterocycles. The van der Waals surface area contributed by atoms with Gasteiger partial charge in [-0.05, 0) is 80.6 Å². The molecule has 190 valence electrons. The molecule has 6 nitrogen and oxygen atoms in total. The van der Waals surface area contributed by atoms with Gasteiger partial charge in [-0.15, -0.1) is 0 Å². The third-order valence-corrected chi connectivity index (χ3v) is 6.24. The van der Waals surface area contributed by atoms with Crippen molar-refractivity contribution >= 4 is 11.8 Å². The lowest BCUT2D eigenvalue weighted by Gasteiger charge is -2.37. The van der Waals surface area contributed by atoms with Gasteiger partial charge in [-0.3, -0.25) is 9.59 Å². The minimum absolute atomic E-state index is 0.0537. The summed E-state index contributed by atoms with van der Waals surface area (Å²) < 4.78 is 27.5. The number of aryl methyl sites for hydroxylation is 1. The SMILES string of the molecule is CCCN(CCC)C(=O)c1cc(C)cc(C(=O)N[C@@H](Cc2cc(F)cc(F)c2)[C@H](O)[C@H]2CCN2)c1. The molecule has 3 atom stereocenters. The standard InChI is InChI=1S/C27H35F2N3O3/c1-4-8-32(9-5-2)27(35)20-11-17(3)10-19(15-20)26(34)31-24(25(33)23-6-7-30-23)14-18-12-21(28)16-22(29)13-18/h10-13,15-16,23-25,30,33H,4-9,14H2,1-3H3,(H,31,34)/t23-,24+,25-/m1/s1. The molecular weight excluding hydrogens is 452 g/mol. The van der Waals surface area contributed by atoms with Crippen LogP contribution in [0.1, 0.15) is 65.0 Å². The minimum Gasteiger partial charge on any atom is -0.389 e. The lowest BCUT2D eigenvalue weighted by atomic mass is 9.91. The van der Waals surface area contributed by atoms with Gasteiger partial charge in [0.2, 0.25) is 0 Å². The van der Waals surface area contributed by atoms with Gasteiger partial charge in [0.15, 0.2) is 0 Å². The normalized spacial score (nSPS) is 16.8. The second-order valence-corrected chi connectivity index (χ2v) is 9.28. The zero-order valence-corrected chi connectivity index (χ0v) is 20.6. The van der Waals surface area contributed by atoms with Crippen LogP contribution in [-0.4, -0.2) is 59.6 Å². The maximum absolute atomic E-state index is 13.7. The Hall–Kier alpha value is -2.84. The van der Waals surface area contributed by atoms with Crippen LogP contribution in [0.25, 0.3) is 0 Å². The number of halogens is 2. The molecule has 0 saturated carbocycles. The molecule has 2 aromatic rings. The molecule has 2 aromatic carbocycles. The average Bonchev–Trinajstić information content (AvgIpc) is 2.75. The van der Waals surface area contributed by atoms with E-state index >= 15 is 0 Å². The Morgan fingerprint density at radius 2 is 1.66 bits per heavy atom. The van der Waals surface area contributed by atoms with Crippen LogP contribution in [0.5, 0.6) is 0 Å². The Kier molecular flexibility index (Phi) is 9.34. The van der Waals surface area contributed by atoms with Gasteiger partial charge in [0.05, 0.1) is 12.1 Å². The Bertz CT molecular complexity index is 1020. The molecule has 8 heteroatoms. The molecule has 0 aliphatic carbocycles. The van der Waals surface area contributed by atoms with E-state index in [1.54, 1.807) is 23.1 Å². The molecule has 2 amide bonds. The Balaban J connectivity index is 1.84. The third-order valence-electron chi connectivity index (χ3n) is 6.24. The summed E-state index contributed by atoms with van der Waals surface area (Å²) in [6.07, 6.45) is 1.51. The molecule has 35 heavy (non-hydrogen) atoms. The fraction of sp³-hybridized carbons (Fsp3) is 0.481. The first kappa shape index (κ1) is 26.8. The number of aliphatic hydroxyl groups is 1. The van der Waals surface area contributed by atoms with Gasteiger partial charge in [0.1, 0.15) is 11.6 Å². The van der Waals surface area contributed by atoms with Crippen molar-refractivity contribution in [1.29, 1.82) is 0 Å². The first-order chi connectivity index (χ1) is 16.7. The summed E-state index contributed by atoms with van der Waals surface area (Å²) in [7, 11) is 0. The van der Waals surface area contributed by atoms with Crippen LogP contribution in [0.4, 0.5) is 8.78 Å². The lowest BCUT2D eigenvalue weighted by molar-refractivity contribution is 0.0543. The number of carbonyl (C=O) groups is 2. The van der Waals surface area contributed by atoms with Crippen molar-refractivity contribution in [2.45, 2.75) is 64.6 Å². The summed E-state index contributed by atoms with van der Waals surface area (Å²) in [5.41, 5.74) is 1.83. The number of nitrogens with zero attached hydrogens (tertiary/aromatic N) is 1. The van der Waals surface area contributed by atoms with Gasteiger partial charge in [0.25, 0.3) is 11.8 Å². The first-order valence-electron chi connectivity index (χ1n) is 12.3. The van der Waals surface area contributed by atoms with E-state index in [-0.39, 0.29) is 18.4 Å². The molecule has 1 fully saturated rings. The molecule has 0 bridgehead atoms. The number of hydrogen-bond acceptors (Lipinski definition) is 4. The molecule has 1 aliphatic rings. The van der Waals surface area contributed by atoms with Crippen molar-refractivity contribution in [3.8, 4) is 0 Å². The van der Waals surface area contributed by atoms with Gasteiger partial charge in [-0.2, -0.15) is 0 Å². The predicted octanol–water partition coefficient (Wildman–Crippen LogP) is 3.60. The van der Waals surface area contributed by atoms with Gasteiger partial charge in [-0.1, -0.05) is 13.8 Å². The van der Waals surface area contributed by atoms with E-state index in [0.717, 1.165) is 37.4 Å². The molecule has 1 heterocycles. The van der Waals surface area contributed by atoms with Gasteiger partial charge in [0, 0.05) is 36.3 Å². The number of rotatable bonds is 11. The fourth-order valence-electron chi connectivity index (χ4n) is 4.45. The van der Waals surface area contributed by atoms with Crippen LogP contribution in [0.3, 0.4) is 0 Å². The summed E-state index contributed by atoms with van der Waals surface area (Å²) in [6, 6.07) is 7.19. The van der Waals surface area contributed by atoms with E-state index in [1.807, 2.05) is 20.8 Å². The number of hydrogen-bond donors (Lipinski definition) is 3. The maximum atomic E-state index is 13.7. The van der Waals surface area contributed by atoms with E-state index in [9.17, 15) is 23.5 Å². The van der Waals surface area contributed by atoms with Crippen LogP contribution in [0.15, 0.2) is 36.4 Å². The van der Waals surface area contributed by atoms with Crippen LogP contribution >= 0.6 is 0 Å². The van der Waals surface area contributed by atoms with Crippen LogP contribution in [-0.2, 0) is 6.42 Å². The minimum atomic E-state index is -0.949. The van der Waals surface area contributed by atoms with Crippen LogP contribution < -0.4 is 10.6 Å². The molecule has 3 rings (SSSR count). The van der Waals surface area contributed by atoms with Gasteiger partial charge < -0.3 is 20.6 Å². The van der Waals surface area contributed by atoms with Gasteiger partial charge >= 0.3 is 0 Å². The van der Waals surface area contributed by atoms with Crippen LogP contribution in [0.2, 0.25) is 0 Å². The number of nitrogens with one attached hydrogen (secondary N) is 2. The predicted molar refractivity (Wildman–Crippen MR) is 131 cm³/mol. The quantitative estimate of drug-likeness (QED) is 0.453. The van der Waals surface area contributed by atoms with Crippen molar-refractivity contribution in [1.82, 2.24) is 15.5 Å². The number of carbonyl (C=O) groups excluding carboxylic acids is 2. The highest BCUT2D eigenvalue weighted by atomic mass is 19.1. The van der Waals surface area contributed by atoms with Crippen molar-refractivity contribution < 1.29 is 23.5 Å². The van der Waals surface area contributed by atoms with E-state index in [2.05, 4.69) is 10.6 Å². The lowest BCUT2D eigenvalue weighted by Crippen LogP contribution is -2.59. The smallest absolute Gasteiger partial charge is 0.253 e. The first-order valence-corrected chi connectivity index (χ1v) is 12.3. The maximum Gasteiger partial charge on any atom is 0.253 e. The molecular formula is C27H35F2N3O3. The van der Waals surface area contributed by atoms with E-state index in [1.165, 1.54) is 12.1 Å². The van der Waals surface area contributed by atoms with E-state index in [4.69, 9.17) is 0 Å². The average molecular weight is 488 g/mol. The zero-order valence-electron chi connectivity index (χ0n) is 20.6. The highest BCUT2D eigenvalue weighted by Crippen LogP contribution is 2.18. The summed E-state index contributed by atoms with van der Waals surface area (Å²) >= 11 is 0. The monoisotopic (exact) mass is 487 g/mol. The topological polar surface area (TPSA) is 81.7 Å².